The van der Waals surface area contributed by atoms with Crippen LogP contribution in [0, 0.1) is 6.92 Å². The zero-order valence-electron chi connectivity index (χ0n) is 10.4. The average molecular weight is 260 g/mol. The summed E-state index contributed by atoms with van der Waals surface area (Å²) in [5.41, 5.74) is 8.10. The maximum atomic E-state index is 5.82. The molecule has 0 aromatic carbocycles. The van der Waals surface area contributed by atoms with Gasteiger partial charge in [-0.15, -0.1) is 0 Å². The van der Waals surface area contributed by atoms with Gasteiger partial charge in [0.15, 0.2) is 5.82 Å². The number of hydrogen-bond acceptors (Lipinski definition) is 5. The Morgan fingerprint density at radius 1 is 1.17 bits per heavy atom. The number of rotatable bonds is 2. The molecule has 2 aromatic heterocycles. The second kappa shape index (κ2) is 4.65. The predicted octanol–water partition coefficient (Wildman–Crippen LogP) is 3.15. The molecule has 18 heavy (non-hydrogen) atoms. The first kappa shape index (κ1) is 11.6. The first-order valence-electron chi connectivity index (χ1n) is 6.28. The monoisotopic (exact) mass is 260 g/mol. The molecule has 0 bridgehead atoms. The molecule has 2 N–H and O–H groups in total. The maximum Gasteiger partial charge on any atom is 0.223 e. The van der Waals surface area contributed by atoms with Crippen molar-refractivity contribution < 1.29 is 0 Å². The van der Waals surface area contributed by atoms with Crippen molar-refractivity contribution in [1.82, 2.24) is 15.0 Å². The van der Waals surface area contributed by atoms with Crippen LogP contribution in [0.15, 0.2) is 10.8 Å². The molecule has 2 aromatic rings. The smallest absolute Gasteiger partial charge is 0.223 e. The van der Waals surface area contributed by atoms with E-state index in [0.29, 0.717) is 11.9 Å². The zero-order valence-corrected chi connectivity index (χ0v) is 11.2. The number of thiophene rings is 1. The Labute approximate surface area is 110 Å². The summed E-state index contributed by atoms with van der Waals surface area (Å²) in [7, 11) is 0. The van der Waals surface area contributed by atoms with Crippen molar-refractivity contribution >= 4 is 17.3 Å². The molecule has 0 amide bonds. The quantitative estimate of drug-likeness (QED) is 0.900. The summed E-state index contributed by atoms with van der Waals surface area (Å²) in [4.78, 5) is 13.2. The highest BCUT2D eigenvalue weighted by Crippen LogP contribution is 2.33. The van der Waals surface area contributed by atoms with Gasteiger partial charge in [-0.2, -0.15) is 21.3 Å². The highest BCUT2D eigenvalue weighted by molar-refractivity contribution is 7.08. The minimum absolute atomic E-state index is 0.340. The second-order valence-electron chi connectivity index (χ2n) is 4.83. The molecule has 0 radical (unpaired) electrons. The lowest BCUT2D eigenvalue weighted by Crippen LogP contribution is -2.07. The summed E-state index contributed by atoms with van der Waals surface area (Å²) in [6.07, 6.45) is 4.88. The normalized spacial score (nSPS) is 16.3. The van der Waals surface area contributed by atoms with E-state index in [1.807, 2.05) is 0 Å². The Morgan fingerprint density at radius 3 is 2.61 bits per heavy atom. The molecule has 2 heterocycles. The van der Waals surface area contributed by atoms with Gasteiger partial charge in [-0.3, -0.25) is 0 Å². The molecule has 0 aliphatic heterocycles. The average Bonchev–Trinajstić information content (AvgIpc) is 2.98. The van der Waals surface area contributed by atoms with Crippen molar-refractivity contribution in [3.05, 3.63) is 22.1 Å². The molecule has 1 saturated carbocycles. The number of aryl methyl sites for hydroxylation is 1. The standard InChI is InChI=1S/C13H16N4S/c1-8-6-18-7-10(8)12-15-11(16-13(14)17-12)9-4-2-3-5-9/h6-7,9H,2-5H2,1H3,(H2,14,15,16,17). The topological polar surface area (TPSA) is 64.7 Å². The lowest BCUT2D eigenvalue weighted by Gasteiger charge is -2.09. The van der Waals surface area contributed by atoms with Crippen LogP contribution < -0.4 is 5.73 Å². The van der Waals surface area contributed by atoms with E-state index in [9.17, 15) is 0 Å². The summed E-state index contributed by atoms with van der Waals surface area (Å²) in [5.74, 6) is 2.41. The molecule has 0 spiro atoms. The number of hydrogen-bond donors (Lipinski definition) is 1. The predicted molar refractivity (Wildman–Crippen MR) is 73.5 cm³/mol. The van der Waals surface area contributed by atoms with Crippen molar-refractivity contribution in [2.24, 2.45) is 0 Å². The molecule has 5 heteroatoms. The van der Waals surface area contributed by atoms with E-state index in [2.05, 4.69) is 32.6 Å². The minimum atomic E-state index is 0.340. The van der Waals surface area contributed by atoms with Crippen molar-refractivity contribution in [2.45, 2.75) is 38.5 Å². The molecule has 1 aliphatic rings. The van der Waals surface area contributed by atoms with Crippen molar-refractivity contribution in [2.75, 3.05) is 5.73 Å². The highest BCUT2D eigenvalue weighted by atomic mass is 32.1. The van der Waals surface area contributed by atoms with E-state index < -0.39 is 0 Å². The largest absolute Gasteiger partial charge is 0.368 e. The van der Waals surface area contributed by atoms with Gasteiger partial charge in [-0.25, -0.2) is 4.98 Å². The fourth-order valence-corrected chi connectivity index (χ4v) is 3.31. The lowest BCUT2D eigenvalue weighted by atomic mass is 10.1. The lowest BCUT2D eigenvalue weighted by molar-refractivity contribution is 0.665. The van der Waals surface area contributed by atoms with Crippen LogP contribution in [-0.4, -0.2) is 15.0 Å². The Balaban J connectivity index is 2.03. The van der Waals surface area contributed by atoms with Crippen molar-refractivity contribution in [1.29, 1.82) is 0 Å². The second-order valence-corrected chi connectivity index (χ2v) is 5.57. The van der Waals surface area contributed by atoms with Crippen molar-refractivity contribution in [3.63, 3.8) is 0 Å². The minimum Gasteiger partial charge on any atom is -0.368 e. The Hall–Kier alpha value is -1.49. The van der Waals surface area contributed by atoms with E-state index in [-0.39, 0.29) is 0 Å². The van der Waals surface area contributed by atoms with Gasteiger partial charge in [0.05, 0.1) is 0 Å². The van der Waals surface area contributed by atoms with Crippen LogP contribution in [-0.2, 0) is 0 Å². The van der Waals surface area contributed by atoms with Crippen molar-refractivity contribution in [3.8, 4) is 11.4 Å². The Kier molecular flexibility index (Phi) is 2.99. The third-order valence-electron chi connectivity index (χ3n) is 3.49. The fourth-order valence-electron chi connectivity index (χ4n) is 2.49. The zero-order chi connectivity index (χ0) is 12.5. The van der Waals surface area contributed by atoms with Gasteiger partial charge in [0.1, 0.15) is 5.82 Å². The molecule has 94 valence electrons. The summed E-state index contributed by atoms with van der Waals surface area (Å²) in [6.45, 7) is 2.07. The molecule has 0 saturated heterocycles. The van der Waals surface area contributed by atoms with Crippen LogP contribution in [0.3, 0.4) is 0 Å². The highest BCUT2D eigenvalue weighted by Gasteiger charge is 2.21. The summed E-state index contributed by atoms with van der Waals surface area (Å²) < 4.78 is 0. The molecule has 0 atom stereocenters. The fraction of sp³-hybridized carbons (Fsp3) is 0.462. The van der Waals surface area contributed by atoms with Gasteiger partial charge in [-0.05, 0) is 30.7 Å². The van der Waals surface area contributed by atoms with E-state index in [0.717, 1.165) is 17.2 Å². The van der Waals surface area contributed by atoms with Crippen LogP contribution in [0.1, 0.15) is 43.0 Å². The molecule has 0 unspecified atom stereocenters. The van der Waals surface area contributed by atoms with Crippen LogP contribution in [0.4, 0.5) is 5.95 Å². The maximum absolute atomic E-state index is 5.82. The van der Waals surface area contributed by atoms with E-state index >= 15 is 0 Å². The van der Waals surface area contributed by atoms with E-state index in [4.69, 9.17) is 5.73 Å². The summed E-state index contributed by atoms with van der Waals surface area (Å²) in [6, 6.07) is 0. The van der Waals surface area contributed by atoms with Gasteiger partial charge in [0.2, 0.25) is 5.95 Å². The van der Waals surface area contributed by atoms with Gasteiger partial charge in [-0.1, -0.05) is 12.8 Å². The van der Waals surface area contributed by atoms with E-state index in [1.54, 1.807) is 11.3 Å². The number of anilines is 1. The van der Waals surface area contributed by atoms with Crippen LogP contribution in [0.5, 0.6) is 0 Å². The van der Waals surface area contributed by atoms with Crippen LogP contribution >= 0.6 is 11.3 Å². The van der Waals surface area contributed by atoms with Crippen LogP contribution in [0.25, 0.3) is 11.4 Å². The Morgan fingerprint density at radius 2 is 1.94 bits per heavy atom. The molecule has 1 aliphatic carbocycles. The summed E-state index contributed by atoms with van der Waals surface area (Å²) in [5, 5.41) is 4.17. The van der Waals surface area contributed by atoms with Gasteiger partial charge < -0.3 is 5.73 Å². The number of nitrogens with zero attached hydrogens (tertiary/aromatic N) is 3. The third kappa shape index (κ3) is 2.10. The van der Waals surface area contributed by atoms with Crippen LogP contribution in [0.2, 0.25) is 0 Å². The SMILES string of the molecule is Cc1cscc1-c1nc(N)nc(C2CCCC2)n1. The molecule has 1 fully saturated rings. The number of nitrogen functional groups attached to an aromatic ring is 1. The first-order chi connectivity index (χ1) is 8.74. The molecule has 3 rings (SSSR count). The molecule has 4 nitrogen and oxygen atoms in total. The first-order valence-corrected chi connectivity index (χ1v) is 7.23. The Bertz CT molecular complexity index is 558. The molecular formula is C13H16N4S. The third-order valence-corrected chi connectivity index (χ3v) is 4.35. The number of aromatic nitrogens is 3. The van der Waals surface area contributed by atoms with Gasteiger partial charge in [0, 0.05) is 16.9 Å². The van der Waals surface area contributed by atoms with Gasteiger partial charge in [0.25, 0.3) is 0 Å². The molecular weight excluding hydrogens is 244 g/mol. The van der Waals surface area contributed by atoms with E-state index in [1.165, 1.54) is 31.2 Å². The van der Waals surface area contributed by atoms with Gasteiger partial charge >= 0.3 is 0 Å². The number of nitrogens with two attached hydrogens (primary N) is 1. The summed E-state index contributed by atoms with van der Waals surface area (Å²) >= 11 is 1.66.